The number of fused-ring (bicyclic) bond motifs is 1. The first-order valence-corrected chi connectivity index (χ1v) is 9.64. The minimum absolute atomic E-state index is 0.132. The van der Waals surface area contributed by atoms with E-state index in [-0.39, 0.29) is 30.9 Å². The lowest BCUT2D eigenvalue weighted by molar-refractivity contribution is -0.148. The van der Waals surface area contributed by atoms with E-state index < -0.39 is 11.4 Å². The topological polar surface area (TPSA) is 81.2 Å². The minimum atomic E-state index is -1.08. The first kappa shape index (κ1) is 18.6. The normalized spacial score (nSPS) is 24.5. The molecule has 2 aliphatic heterocycles. The van der Waals surface area contributed by atoms with Gasteiger partial charge in [0.05, 0.1) is 0 Å². The number of hydrogen-bond donors (Lipinski definition) is 1. The van der Waals surface area contributed by atoms with Crippen LogP contribution in [-0.2, 0) is 4.79 Å². The van der Waals surface area contributed by atoms with E-state index in [1.165, 1.54) is 4.90 Å². The van der Waals surface area contributed by atoms with Gasteiger partial charge in [-0.3, -0.25) is 9.59 Å². The van der Waals surface area contributed by atoms with Crippen molar-refractivity contribution in [1.82, 2.24) is 14.7 Å². The lowest BCUT2D eigenvalue weighted by Crippen LogP contribution is -2.45. The summed E-state index contributed by atoms with van der Waals surface area (Å²) in [7, 11) is 3.30. The van der Waals surface area contributed by atoms with Gasteiger partial charge in [-0.2, -0.15) is 0 Å². The molecule has 2 fully saturated rings. The number of carboxylic acids is 1. The molecule has 3 rings (SSSR count). The standard InChI is InChI=1S/C18H23N3O4S/c1-19(2)17(25)21-9-13-8-20(10-18(13,11-21)16(23)24)15(22)12-4-6-14(26-3)7-5-12/h4-7,13H,8-11H2,1-3H3,(H,23,24)/t13-,18-/m0/s1. The Morgan fingerprint density at radius 3 is 2.19 bits per heavy atom. The van der Waals surface area contributed by atoms with Gasteiger partial charge in [-0.05, 0) is 30.5 Å². The van der Waals surface area contributed by atoms with Crippen LogP contribution in [0.5, 0.6) is 0 Å². The Morgan fingerprint density at radius 1 is 1.12 bits per heavy atom. The third-order valence-corrected chi connectivity index (χ3v) is 6.06. The molecule has 7 nitrogen and oxygen atoms in total. The summed E-state index contributed by atoms with van der Waals surface area (Å²) in [6.07, 6.45) is 1.97. The highest BCUT2D eigenvalue weighted by Gasteiger charge is 2.59. The molecule has 0 saturated carbocycles. The highest BCUT2D eigenvalue weighted by Crippen LogP contribution is 2.43. The van der Waals surface area contributed by atoms with Crippen molar-refractivity contribution >= 4 is 29.7 Å². The summed E-state index contributed by atoms with van der Waals surface area (Å²) < 4.78 is 0. The van der Waals surface area contributed by atoms with E-state index in [0.717, 1.165) is 4.90 Å². The number of rotatable bonds is 3. The predicted molar refractivity (Wildman–Crippen MR) is 98.3 cm³/mol. The zero-order chi connectivity index (χ0) is 19.1. The van der Waals surface area contributed by atoms with Gasteiger partial charge >= 0.3 is 12.0 Å². The molecule has 0 aliphatic carbocycles. The van der Waals surface area contributed by atoms with Gasteiger partial charge in [0.1, 0.15) is 5.41 Å². The number of thioether (sulfide) groups is 1. The second-order valence-electron chi connectivity index (χ2n) is 7.13. The molecule has 26 heavy (non-hydrogen) atoms. The van der Waals surface area contributed by atoms with Gasteiger partial charge in [-0.15, -0.1) is 11.8 Å². The van der Waals surface area contributed by atoms with Crippen LogP contribution in [0.15, 0.2) is 29.2 Å². The largest absolute Gasteiger partial charge is 0.481 e. The van der Waals surface area contributed by atoms with Crippen LogP contribution >= 0.6 is 11.8 Å². The molecule has 0 spiro atoms. The molecule has 140 valence electrons. The molecular weight excluding hydrogens is 354 g/mol. The maximum atomic E-state index is 12.8. The zero-order valence-electron chi connectivity index (χ0n) is 15.1. The molecule has 1 N–H and O–H groups in total. The van der Waals surface area contributed by atoms with E-state index in [9.17, 15) is 19.5 Å². The van der Waals surface area contributed by atoms with E-state index in [1.54, 1.807) is 47.8 Å². The molecule has 3 amide bonds. The third kappa shape index (κ3) is 3.02. The molecule has 0 bridgehead atoms. The Kier molecular flexibility index (Phi) is 4.88. The molecule has 0 aromatic heterocycles. The van der Waals surface area contributed by atoms with Gasteiger partial charge in [0.15, 0.2) is 0 Å². The van der Waals surface area contributed by atoms with Crippen molar-refractivity contribution < 1.29 is 19.5 Å². The smallest absolute Gasteiger partial charge is 0.319 e. The number of benzene rings is 1. The molecule has 1 aromatic carbocycles. The van der Waals surface area contributed by atoms with Crippen molar-refractivity contribution in [3.8, 4) is 0 Å². The fourth-order valence-electron chi connectivity index (χ4n) is 3.87. The number of hydrogen-bond acceptors (Lipinski definition) is 4. The number of likely N-dealkylation sites (tertiary alicyclic amines) is 2. The van der Waals surface area contributed by atoms with Gasteiger partial charge in [-0.25, -0.2) is 4.79 Å². The number of amides is 3. The Balaban J connectivity index is 1.78. The predicted octanol–water partition coefficient (Wildman–Crippen LogP) is 1.55. The fourth-order valence-corrected chi connectivity index (χ4v) is 4.28. The molecule has 8 heteroatoms. The second-order valence-corrected chi connectivity index (χ2v) is 8.01. The van der Waals surface area contributed by atoms with Crippen molar-refractivity contribution in [3.05, 3.63) is 29.8 Å². The van der Waals surface area contributed by atoms with Crippen LogP contribution in [0.2, 0.25) is 0 Å². The summed E-state index contributed by atoms with van der Waals surface area (Å²) in [5, 5.41) is 9.86. The summed E-state index contributed by atoms with van der Waals surface area (Å²) in [6, 6.07) is 7.14. The zero-order valence-corrected chi connectivity index (χ0v) is 16.0. The highest BCUT2D eigenvalue weighted by molar-refractivity contribution is 7.98. The average molecular weight is 377 g/mol. The Hall–Kier alpha value is -2.22. The van der Waals surface area contributed by atoms with Gasteiger partial charge in [-0.1, -0.05) is 0 Å². The number of urea groups is 1. The number of carboxylic acid groups (broad SMARTS) is 1. The first-order valence-electron chi connectivity index (χ1n) is 8.41. The summed E-state index contributed by atoms with van der Waals surface area (Å²) in [5.41, 5.74) is -0.523. The van der Waals surface area contributed by atoms with Crippen LogP contribution < -0.4 is 0 Å². The number of nitrogens with zero attached hydrogens (tertiary/aromatic N) is 3. The second kappa shape index (κ2) is 6.83. The van der Waals surface area contributed by atoms with Crippen LogP contribution in [-0.4, -0.2) is 84.2 Å². The summed E-state index contributed by atoms with van der Waals surface area (Å²) in [4.78, 5) is 42.8. The SMILES string of the molecule is CSc1ccc(C(=O)N2C[C@H]3CN(C(=O)N(C)C)C[C@@]3(C(=O)O)C2)cc1. The summed E-state index contributed by atoms with van der Waals surface area (Å²) in [5.74, 6) is -1.35. The van der Waals surface area contributed by atoms with Gasteiger partial charge in [0.25, 0.3) is 5.91 Å². The van der Waals surface area contributed by atoms with E-state index in [4.69, 9.17) is 0 Å². The fraction of sp³-hybridized carbons (Fsp3) is 0.500. The maximum absolute atomic E-state index is 12.8. The van der Waals surface area contributed by atoms with Crippen LogP contribution in [0, 0.1) is 11.3 Å². The van der Waals surface area contributed by atoms with E-state index in [1.807, 2.05) is 18.4 Å². The lowest BCUT2D eigenvalue weighted by Gasteiger charge is -2.27. The van der Waals surface area contributed by atoms with Crippen molar-refractivity contribution in [2.24, 2.45) is 11.3 Å². The number of carbonyl (C=O) groups is 3. The van der Waals surface area contributed by atoms with Crippen molar-refractivity contribution in [3.63, 3.8) is 0 Å². The lowest BCUT2D eigenvalue weighted by atomic mass is 9.81. The van der Waals surface area contributed by atoms with Crippen LogP contribution in [0.1, 0.15) is 10.4 Å². The maximum Gasteiger partial charge on any atom is 0.319 e. The molecule has 0 radical (unpaired) electrons. The average Bonchev–Trinajstić information content (AvgIpc) is 3.16. The summed E-state index contributed by atoms with van der Waals surface area (Å²) >= 11 is 1.60. The van der Waals surface area contributed by atoms with Crippen LogP contribution in [0.3, 0.4) is 0 Å². The first-order chi connectivity index (χ1) is 12.3. The van der Waals surface area contributed by atoms with Crippen LogP contribution in [0.25, 0.3) is 0 Å². The molecule has 2 aliphatic rings. The molecule has 1 aromatic rings. The molecule has 2 atom stereocenters. The van der Waals surface area contributed by atoms with Crippen molar-refractivity contribution in [2.75, 3.05) is 46.5 Å². The van der Waals surface area contributed by atoms with E-state index >= 15 is 0 Å². The molecular formula is C18H23N3O4S. The van der Waals surface area contributed by atoms with Gasteiger partial charge in [0.2, 0.25) is 0 Å². The molecule has 2 heterocycles. The Labute approximate surface area is 156 Å². The highest BCUT2D eigenvalue weighted by atomic mass is 32.2. The number of aliphatic carboxylic acids is 1. The van der Waals surface area contributed by atoms with Crippen molar-refractivity contribution in [1.29, 1.82) is 0 Å². The van der Waals surface area contributed by atoms with E-state index in [2.05, 4.69) is 0 Å². The van der Waals surface area contributed by atoms with Gasteiger partial charge in [0, 0.05) is 56.7 Å². The monoisotopic (exact) mass is 377 g/mol. The minimum Gasteiger partial charge on any atom is -0.481 e. The van der Waals surface area contributed by atoms with E-state index in [0.29, 0.717) is 18.7 Å². The Morgan fingerprint density at radius 2 is 1.69 bits per heavy atom. The van der Waals surface area contributed by atoms with Crippen LogP contribution in [0.4, 0.5) is 4.79 Å². The summed E-state index contributed by atoms with van der Waals surface area (Å²) in [6.45, 7) is 0.984. The third-order valence-electron chi connectivity index (χ3n) is 5.31. The van der Waals surface area contributed by atoms with Gasteiger partial charge < -0.3 is 19.8 Å². The molecule has 0 unspecified atom stereocenters. The quantitative estimate of drug-likeness (QED) is 0.809. The Bertz CT molecular complexity index is 736. The molecule has 2 saturated heterocycles. The number of carbonyl (C=O) groups excluding carboxylic acids is 2. The van der Waals surface area contributed by atoms with Crippen molar-refractivity contribution in [2.45, 2.75) is 4.90 Å².